The Morgan fingerprint density at radius 2 is 2.00 bits per heavy atom. The van der Waals surface area contributed by atoms with E-state index < -0.39 is 10.0 Å². The van der Waals surface area contributed by atoms with Gasteiger partial charge >= 0.3 is 0 Å². The van der Waals surface area contributed by atoms with E-state index in [2.05, 4.69) is 5.32 Å². The van der Waals surface area contributed by atoms with Crippen molar-refractivity contribution < 1.29 is 13.2 Å². The number of fused-ring (bicyclic) bond motifs is 1. The molecule has 0 bridgehead atoms. The molecule has 2 aliphatic rings. The number of sulfonamides is 1. The Hall–Kier alpha value is -1.11. The number of benzene rings is 1. The highest BCUT2D eigenvalue weighted by Crippen LogP contribution is 2.27. The minimum absolute atomic E-state index is 0.373. The number of anilines is 1. The van der Waals surface area contributed by atoms with Crippen LogP contribution in [-0.2, 0) is 21.2 Å². The van der Waals surface area contributed by atoms with E-state index in [0.29, 0.717) is 31.2 Å². The van der Waals surface area contributed by atoms with Crippen LogP contribution in [0.15, 0.2) is 23.1 Å². The molecule has 5 nitrogen and oxygen atoms in total. The van der Waals surface area contributed by atoms with E-state index in [4.69, 9.17) is 4.74 Å². The van der Waals surface area contributed by atoms with E-state index in [0.717, 1.165) is 18.7 Å². The molecule has 1 aromatic carbocycles. The average molecular weight is 268 g/mol. The fourth-order valence-electron chi connectivity index (χ4n) is 2.37. The van der Waals surface area contributed by atoms with Gasteiger partial charge in [0.05, 0.1) is 18.1 Å². The second-order valence-electron chi connectivity index (χ2n) is 4.51. The molecule has 0 atom stereocenters. The van der Waals surface area contributed by atoms with Gasteiger partial charge in [0.15, 0.2) is 0 Å². The van der Waals surface area contributed by atoms with Gasteiger partial charge in [0.2, 0.25) is 10.0 Å². The highest BCUT2D eigenvalue weighted by molar-refractivity contribution is 7.89. The summed E-state index contributed by atoms with van der Waals surface area (Å²) in [5.41, 5.74) is 2.14. The number of hydrogen-bond acceptors (Lipinski definition) is 4. The van der Waals surface area contributed by atoms with Crippen molar-refractivity contribution in [3.05, 3.63) is 23.8 Å². The van der Waals surface area contributed by atoms with Gasteiger partial charge in [0.25, 0.3) is 0 Å². The molecule has 6 heteroatoms. The molecule has 3 rings (SSSR count). The van der Waals surface area contributed by atoms with E-state index >= 15 is 0 Å². The van der Waals surface area contributed by atoms with Crippen LogP contribution in [0, 0.1) is 0 Å². The zero-order valence-electron chi connectivity index (χ0n) is 10.1. The smallest absolute Gasteiger partial charge is 0.243 e. The molecule has 0 aliphatic carbocycles. The Kier molecular flexibility index (Phi) is 3.01. The van der Waals surface area contributed by atoms with Crippen molar-refractivity contribution in [3.63, 3.8) is 0 Å². The lowest BCUT2D eigenvalue weighted by molar-refractivity contribution is 0.0730. The van der Waals surface area contributed by atoms with Crippen LogP contribution in [0.3, 0.4) is 0 Å². The van der Waals surface area contributed by atoms with Gasteiger partial charge < -0.3 is 10.1 Å². The molecule has 0 amide bonds. The van der Waals surface area contributed by atoms with Crippen LogP contribution in [0.4, 0.5) is 5.69 Å². The molecule has 18 heavy (non-hydrogen) atoms. The first-order valence-electron chi connectivity index (χ1n) is 6.12. The van der Waals surface area contributed by atoms with Crippen molar-refractivity contribution >= 4 is 15.7 Å². The van der Waals surface area contributed by atoms with E-state index in [1.54, 1.807) is 12.1 Å². The second kappa shape index (κ2) is 4.53. The van der Waals surface area contributed by atoms with Crippen LogP contribution >= 0.6 is 0 Å². The second-order valence-corrected chi connectivity index (χ2v) is 6.45. The maximum atomic E-state index is 12.4. The van der Waals surface area contributed by atoms with Gasteiger partial charge in [-0.15, -0.1) is 0 Å². The van der Waals surface area contributed by atoms with Crippen molar-refractivity contribution in [1.29, 1.82) is 0 Å². The molecule has 0 aromatic heterocycles. The van der Waals surface area contributed by atoms with Crippen molar-refractivity contribution in [2.45, 2.75) is 11.3 Å². The molecular weight excluding hydrogens is 252 g/mol. The normalized spacial score (nSPS) is 20.4. The third-order valence-electron chi connectivity index (χ3n) is 3.40. The summed E-state index contributed by atoms with van der Waals surface area (Å²) in [5.74, 6) is 0. The molecule has 1 fully saturated rings. The average Bonchev–Trinajstić information content (AvgIpc) is 2.87. The highest BCUT2D eigenvalue weighted by atomic mass is 32.2. The van der Waals surface area contributed by atoms with Crippen LogP contribution < -0.4 is 5.32 Å². The zero-order chi connectivity index (χ0) is 12.6. The maximum Gasteiger partial charge on any atom is 0.243 e. The lowest BCUT2D eigenvalue weighted by atomic mass is 10.2. The fourth-order valence-corrected chi connectivity index (χ4v) is 3.80. The van der Waals surface area contributed by atoms with Crippen LogP contribution in [0.5, 0.6) is 0 Å². The Morgan fingerprint density at radius 1 is 1.22 bits per heavy atom. The van der Waals surface area contributed by atoms with Gasteiger partial charge in [0, 0.05) is 25.3 Å². The van der Waals surface area contributed by atoms with Gasteiger partial charge in [-0.3, -0.25) is 0 Å². The van der Waals surface area contributed by atoms with Crippen molar-refractivity contribution in [2.75, 3.05) is 38.2 Å². The summed E-state index contributed by atoms with van der Waals surface area (Å²) in [6.07, 6.45) is 0.965. The lowest BCUT2D eigenvalue weighted by Crippen LogP contribution is -2.40. The highest BCUT2D eigenvalue weighted by Gasteiger charge is 2.27. The fraction of sp³-hybridized carbons (Fsp3) is 0.500. The minimum Gasteiger partial charge on any atom is -0.384 e. The third-order valence-corrected chi connectivity index (χ3v) is 5.29. The summed E-state index contributed by atoms with van der Waals surface area (Å²) in [6.45, 7) is 2.71. The summed E-state index contributed by atoms with van der Waals surface area (Å²) in [7, 11) is -3.37. The first-order chi connectivity index (χ1) is 8.68. The number of morpholine rings is 1. The van der Waals surface area contributed by atoms with Crippen LogP contribution in [0.25, 0.3) is 0 Å². The molecule has 0 unspecified atom stereocenters. The molecule has 0 radical (unpaired) electrons. The molecule has 1 saturated heterocycles. The quantitative estimate of drug-likeness (QED) is 0.857. The Bertz CT molecular complexity index is 550. The molecule has 1 N–H and O–H groups in total. The zero-order valence-corrected chi connectivity index (χ0v) is 10.9. The number of rotatable bonds is 2. The number of nitrogens with zero attached hydrogens (tertiary/aromatic N) is 1. The van der Waals surface area contributed by atoms with E-state index in [1.165, 1.54) is 9.87 Å². The molecule has 0 spiro atoms. The van der Waals surface area contributed by atoms with Gasteiger partial charge in [-0.2, -0.15) is 4.31 Å². The molecule has 0 saturated carbocycles. The monoisotopic (exact) mass is 268 g/mol. The number of ether oxygens (including phenoxy) is 1. The maximum absolute atomic E-state index is 12.4. The Morgan fingerprint density at radius 3 is 2.78 bits per heavy atom. The summed E-state index contributed by atoms with van der Waals surface area (Å²) in [4.78, 5) is 0.373. The topological polar surface area (TPSA) is 58.6 Å². The van der Waals surface area contributed by atoms with Crippen LogP contribution in [0.2, 0.25) is 0 Å². The lowest BCUT2D eigenvalue weighted by Gasteiger charge is -2.26. The van der Waals surface area contributed by atoms with Gasteiger partial charge in [0.1, 0.15) is 0 Å². The molecule has 1 aromatic rings. The first kappa shape index (κ1) is 12.0. The summed E-state index contributed by atoms with van der Waals surface area (Å²) >= 11 is 0. The predicted octanol–water partition coefficient (Wildman–Crippen LogP) is 0.675. The van der Waals surface area contributed by atoms with Gasteiger partial charge in [-0.25, -0.2) is 8.42 Å². The van der Waals surface area contributed by atoms with E-state index in [-0.39, 0.29) is 0 Å². The Labute approximate surface area is 107 Å². The third kappa shape index (κ3) is 2.00. The van der Waals surface area contributed by atoms with Gasteiger partial charge in [-0.1, -0.05) is 6.07 Å². The summed E-state index contributed by atoms with van der Waals surface area (Å²) in [5, 5.41) is 3.21. The standard InChI is InChI=1S/C12H16N2O3S/c15-18(16,14-5-7-17-8-6-14)11-2-1-10-3-4-13-12(10)9-11/h1-2,9,13H,3-8H2. The Balaban J connectivity index is 1.93. The largest absolute Gasteiger partial charge is 0.384 e. The predicted molar refractivity (Wildman–Crippen MR) is 68.2 cm³/mol. The SMILES string of the molecule is O=S(=O)(c1ccc2c(c1)NCC2)N1CCOCC1. The summed E-state index contributed by atoms with van der Waals surface area (Å²) in [6, 6.07) is 5.35. The number of hydrogen-bond donors (Lipinski definition) is 1. The van der Waals surface area contributed by atoms with Crippen molar-refractivity contribution in [2.24, 2.45) is 0 Å². The van der Waals surface area contributed by atoms with Crippen molar-refractivity contribution in [1.82, 2.24) is 4.31 Å². The van der Waals surface area contributed by atoms with Crippen molar-refractivity contribution in [3.8, 4) is 0 Å². The number of nitrogens with one attached hydrogen (secondary N) is 1. The van der Waals surface area contributed by atoms with Gasteiger partial charge in [-0.05, 0) is 24.1 Å². The molecule has 2 aliphatic heterocycles. The van der Waals surface area contributed by atoms with E-state index in [1.807, 2.05) is 6.07 Å². The summed E-state index contributed by atoms with van der Waals surface area (Å²) < 4.78 is 31.5. The van der Waals surface area contributed by atoms with E-state index in [9.17, 15) is 8.42 Å². The first-order valence-corrected chi connectivity index (χ1v) is 7.57. The molecule has 98 valence electrons. The molecule has 2 heterocycles. The van der Waals surface area contributed by atoms with Crippen LogP contribution in [-0.4, -0.2) is 45.6 Å². The van der Waals surface area contributed by atoms with Crippen LogP contribution in [0.1, 0.15) is 5.56 Å². The molecular formula is C12H16N2O3S. The minimum atomic E-state index is -3.37.